The third kappa shape index (κ3) is 2.68. The van der Waals surface area contributed by atoms with Gasteiger partial charge in [0.05, 0.1) is 31.0 Å². The summed E-state index contributed by atoms with van der Waals surface area (Å²) >= 11 is 0. The number of nitrogens with zero attached hydrogens (tertiary/aromatic N) is 2. The van der Waals surface area contributed by atoms with E-state index in [1.54, 1.807) is 6.20 Å². The van der Waals surface area contributed by atoms with Gasteiger partial charge in [0.2, 0.25) is 0 Å². The Morgan fingerprint density at radius 2 is 2.21 bits per heavy atom. The lowest BCUT2D eigenvalue weighted by molar-refractivity contribution is 0.122. The molecular formula is C14H17N3O2. The van der Waals surface area contributed by atoms with E-state index >= 15 is 0 Å². The Labute approximate surface area is 111 Å². The second-order valence-electron chi connectivity index (χ2n) is 4.67. The quantitative estimate of drug-likeness (QED) is 0.849. The van der Waals surface area contributed by atoms with E-state index < -0.39 is 6.10 Å². The van der Waals surface area contributed by atoms with Crippen molar-refractivity contribution < 1.29 is 9.84 Å². The van der Waals surface area contributed by atoms with Gasteiger partial charge < -0.3 is 15.2 Å². The van der Waals surface area contributed by atoms with Gasteiger partial charge in [0.25, 0.3) is 0 Å². The van der Waals surface area contributed by atoms with Gasteiger partial charge in [-0.3, -0.25) is 0 Å². The van der Waals surface area contributed by atoms with Gasteiger partial charge in [-0.1, -0.05) is 18.2 Å². The summed E-state index contributed by atoms with van der Waals surface area (Å²) in [5.41, 5.74) is 2.19. The number of aliphatic hydroxyl groups excluding tert-OH is 1. The molecule has 19 heavy (non-hydrogen) atoms. The van der Waals surface area contributed by atoms with E-state index in [4.69, 9.17) is 4.74 Å². The van der Waals surface area contributed by atoms with Crippen LogP contribution in [0.4, 0.5) is 0 Å². The van der Waals surface area contributed by atoms with E-state index in [0.29, 0.717) is 19.8 Å². The highest BCUT2D eigenvalue weighted by molar-refractivity contribution is 5.40. The smallest absolute Gasteiger partial charge is 0.0948 e. The van der Waals surface area contributed by atoms with Gasteiger partial charge in [-0.15, -0.1) is 0 Å². The monoisotopic (exact) mass is 259 g/mol. The highest BCUT2D eigenvalue weighted by Gasteiger charge is 2.25. The molecular weight excluding hydrogens is 242 g/mol. The fraction of sp³-hybridized carbons (Fsp3) is 0.357. The molecule has 2 aromatic rings. The number of aromatic nitrogens is 2. The number of aliphatic hydroxyl groups is 1. The molecule has 5 nitrogen and oxygen atoms in total. The Balaban J connectivity index is 1.74. The van der Waals surface area contributed by atoms with Gasteiger partial charge in [-0.05, 0) is 17.7 Å². The van der Waals surface area contributed by atoms with Gasteiger partial charge in [-0.25, -0.2) is 4.68 Å². The summed E-state index contributed by atoms with van der Waals surface area (Å²) in [5, 5.41) is 17.3. The average Bonchev–Trinajstić information content (AvgIpc) is 3.08. The number of ether oxygens (including phenoxy) is 1. The lowest BCUT2D eigenvalue weighted by atomic mass is 10.1. The summed E-state index contributed by atoms with van der Waals surface area (Å²) in [4.78, 5) is 0. The minimum Gasteiger partial charge on any atom is -0.389 e. The fourth-order valence-corrected chi connectivity index (χ4v) is 2.27. The molecule has 1 fully saturated rings. The molecule has 0 radical (unpaired) electrons. The van der Waals surface area contributed by atoms with Crippen molar-refractivity contribution in [2.75, 3.05) is 13.2 Å². The van der Waals surface area contributed by atoms with Crippen LogP contribution in [0.2, 0.25) is 0 Å². The van der Waals surface area contributed by atoms with Crippen molar-refractivity contribution in [2.24, 2.45) is 0 Å². The molecule has 0 saturated carbocycles. The van der Waals surface area contributed by atoms with E-state index in [2.05, 4.69) is 16.5 Å². The molecule has 2 heterocycles. The predicted molar refractivity (Wildman–Crippen MR) is 71.0 cm³/mol. The Kier molecular flexibility index (Phi) is 3.59. The van der Waals surface area contributed by atoms with Crippen molar-refractivity contribution >= 4 is 0 Å². The lowest BCUT2D eigenvalue weighted by Crippen LogP contribution is -2.38. The van der Waals surface area contributed by atoms with Gasteiger partial charge >= 0.3 is 0 Å². The SMILES string of the molecule is OC1COCC1NCc1ccccc1-n1cccn1. The van der Waals surface area contributed by atoms with Crippen LogP contribution < -0.4 is 5.32 Å². The van der Waals surface area contributed by atoms with E-state index in [0.717, 1.165) is 11.3 Å². The molecule has 3 rings (SSSR count). The van der Waals surface area contributed by atoms with E-state index in [9.17, 15) is 5.11 Å². The molecule has 1 aromatic carbocycles. The number of hydrogen-bond acceptors (Lipinski definition) is 4. The molecule has 0 aliphatic carbocycles. The Hall–Kier alpha value is -1.69. The maximum Gasteiger partial charge on any atom is 0.0948 e. The zero-order valence-corrected chi connectivity index (χ0v) is 10.6. The first kappa shape index (κ1) is 12.3. The minimum atomic E-state index is -0.420. The summed E-state index contributed by atoms with van der Waals surface area (Å²) in [5.74, 6) is 0. The molecule has 0 spiro atoms. The van der Waals surface area contributed by atoms with Crippen LogP contribution >= 0.6 is 0 Å². The summed E-state index contributed by atoms with van der Waals surface area (Å²) in [6.45, 7) is 1.66. The van der Waals surface area contributed by atoms with Crippen LogP contribution in [0.25, 0.3) is 5.69 Å². The van der Waals surface area contributed by atoms with Crippen LogP contribution in [0.5, 0.6) is 0 Å². The highest BCUT2D eigenvalue weighted by atomic mass is 16.5. The van der Waals surface area contributed by atoms with Crippen LogP contribution in [0, 0.1) is 0 Å². The fourth-order valence-electron chi connectivity index (χ4n) is 2.27. The van der Waals surface area contributed by atoms with Crippen molar-refractivity contribution in [3.05, 3.63) is 48.3 Å². The van der Waals surface area contributed by atoms with E-state index in [-0.39, 0.29) is 6.04 Å². The van der Waals surface area contributed by atoms with Crippen LogP contribution in [-0.4, -0.2) is 40.2 Å². The molecule has 2 N–H and O–H groups in total. The number of nitrogens with one attached hydrogen (secondary N) is 1. The van der Waals surface area contributed by atoms with Gasteiger partial charge in [0, 0.05) is 18.9 Å². The van der Waals surface area contributed by atoms with Crippen molar-refractivity contribution in [3.8, 4) is 5.69 Å². The predicted octanol–water partition coefficient (Wildman–Crippen LogP) is 0.722. The largest absolute Gasteiger partial charge is 0.389 e. The van der Waals surface area contributed by atoms with E-state index in [1.165, 1.54) is 0 Å². The summed E-state index contributed by atoms with van der Waals surface area (Å²) in [6.07, 6.45) is 3.27. The van der Waals surface area contributed by atoms with Crippen molar-refractivity contribution in [1.82, 2.24) is 15.1 Å². The molecule has 1 aromatic heterocycles. The van der Waals surface area contributed by atoms with Gasteiger partial charge in [-0.2, -0.15) is 5.10 Å². The number of rotatable bonds is 4. The molecule has 0 bridgehead atoms. The molecule has 1 aliphatic heterocycles. The Morgan fingerprint density at radius 3 is 2.95 bits per heavy atom. The standard InChI is InChI=1S/C14H17N3O2/c18-14-10-19-9-12(14)15-8-11-4-1-2-5-13(11)17-7-3-6-16-17/h1-7,12,14-15,18H,8-10H2. The first-order valence-corrected chi connectivity index (χ1v) is 6.42. The maximum atomic E-state index is 9.72. The van der Waals surface area contributed by atoms with E-state index in [1.807, 2.05) is 35.1 Å². The average molecular weight is 259 g/mol. The Bertz CT molecular complexity index is 527. The van der Waals surface area contributed by atoms with Crippen molar-refractivity contribution in [2.45, 2.75) is 18.7 Å². The normalized spacial score (nSPS) is 22.8. The van der Waals surface area contributed by atoms with Crippen LogP contribution in [0.3, 0.4) is 0 Å². The van der Waals surface area contributed by atoms with Crippen molar-refractivity contribution in [1.29, 1.82) is 0 Å². The van der Waals surface area contributed by atoms with Crippen LogP contribution in [0.15, 0.2) is 42.7 Å². The first-order valence-electron chi connectivity index (χ1n) is 6.42. The lowest BCUT2D eigenvalue weighted by Gasteiger charge is -2.16. The highest BCUT2D eigenvalue weighted by Crippen LogP contribution is 2.14. The second kappa shape index (κ2) is 5.52. The minimum absolute atomic E-state index is 0.00526. The van der Waals surface area contributed by atoms with Gasteiger partial charge in [0.15, 0.2) is 0 Å². The molecule has 2 atom stereocenters. The molecule has 0 amide bonds. The number of para-hydroxylation sites is 1. The summed E-state index contributed by atoms with van der Waals surface area (Å²) in [7, 11) is 0. The number of benzene rings is 1. The molecule has 2 unspecified atom stereocenters. The van der Waals surface area contributed by atoms with Crippen LogP contribution in [0.1, 0.15) is 5.56 Å². The topological polar surface area (TPSA) is 59.3 Å². The maximum absolute atomic E-state index is 9.72. The molecule has 1 saturated heterocycles. The zero-order chi connectivity index (χ0) is 13.1. The number of hydrogen-bond donors (Lipinski definition) is 2. The molecule has 5 heteroatoms. The summed E-state index contributed by atoms with van der Waals surface area (Å²) in [6, 6.07) is 10.0. The van der Waals surface area contributed by atoms with Crippen molar-refractivity contribution in [3.63, 3.8) is 0 Å². The first-order chi connectivity index (χ1) is 9.34. The van der Waals surface area contributed by atoms with Gasteiger partial charge in [0.1, 0.15) is 0 Å². The molecule has 100 valence electrons. The third-order valence-corrected chi connectivity index (χ3v) is 3.35. The molecule has 1 aliphatic rings. The third-order valence-electron chi connectivity index (χ3n) is 3.35. The zero-order valence-electron chi connectivity index (χ0n) is 10.6. The second-order valence-corrected chi connectivity index (χ2v) is 4.67. The Morgan fingerprint density at radius 1 is 1.32 bits per heavy atom. The van der Waals surface area contributed by atoms with Crippen LogP contribution in [-0.2, 0) is 11.3 Å². The summed E-state index contributed by atoms with van der Waals surface area (Å²) < 4.78 is 7.08.